The Hall–Kier alpha value is 1.34. The van der Waals surface area contributed by atoms with Crippen molar-refractivity contribution in [2.75, 3.05) is 26.2 Å². The van der Waals surface area contributed by atoms with E-state index in [0.29, 0.717) is 5.41 Å². The largest absolute Gasteiger partial charge is 0.311 e. The fourth-order valence-corrected chi connectivity index (χ4v) is 5.14. The van der Waals surface area contributed by atoms with Crippen LogP contribution in [0.25, 0.3) is 0 Å². The molecule has 0 aromatic carbocycles. The van der Waals surface area contributed by atoms with E-state index in [4.69, 9.17) is 0 Å². The smallest absolute Gasteiger partial charge is 0.0353 e. The highest BCUT2D eigenvalue weighted by Gasteiger charge is 2.52. The van der Waals surface area contributed by atoms with E-state index < -0.39 is 0 Å². The van der Waals surface area contributed by atoms with Crippen LogP contribution in [0.5, 0.6) is 0 Å². The molecule has 3 rings (SSSR count). The molecule has 98 valence electrons. The minimum Gasteiger partial charge on any atom is -0.311 e. The molecule has 5 heteroatoms. The van der Waals surface area contributed by atoms with Crippen molar-refractivity contribution in [2.24, 2.45) is 5.41 Å². The van der Waals surface area contributed by atoms with Crippen LogP contribution in [0.2, 0.25) is 0 Å². The van der Waals surface area contributed by atoms with Gasteiger partial charge in [-0.05, 0) is 25.7 Å². The number of hydrogen-bond donors (Lipinski definition) is 1. The topological polar surface area (TPSA) is 18.5 Å². The number of hydrogen-bond acceptors (Lipinski definition) is 3. The molecular weight excluding hydrogens is 440 g/mol. The summed E-state index contributed by atoms with van der Waals surface area (Å²) in [6.45, 7) is 5.13. The molecule has 17 heavy (non-hydrogen) atoms. The Kier molecular flexibility index (Phi) is 4.22. The van der Waals surface area contributed by atoms with Gasteiger partial charge < -0.3 is 5.32 Å². The third-order valence-electron chi connectivity index (χ3n) is 4.90. The van der Waals surface area contributed by atoms with Gasteiger partial charge in [-0.3, -0.25) is 0 Å². The maximum atomic E-state index is 3.75. The Balaban J connectivity index is 1.67. The standard InChI is InChI=1S/C12H21I2N3/c13-16-7-4-12(5-8-16)9-15-11(12)10-3-1-2-6-17(10)14/h10-11,15H,1-9H2. The molecular formula is C12H21I2N3. The molecule has 3 aliphatic heterocycles. The van der Waals surface area contributed by atoms with Crippen molar-refractivity contribution >= 4 is 45.7 Å². The van der Waals surface area contributed by atoms with E-state index in [9.17, 15) is 0 Å². The van der Waals surface area contributed by atoms with Crippen molar-refractivity contribution in [1.82, 2.24) is 11.5 Å². The van der Waals surface area contributed by atoms with Gasteiger partial charge in [0.2, 0.25) is 0 Å². The fraction of sp³-hybridized carbons (Fsp3) is 1.00. The number of piperidine rings is 2. The second-order valence-corrected chi connectivity index (χ2v) is 8.42. The first-order valence-electron chi connectivity index (χ1n) is 6.78. The molecule has 0 aromatic rings. The molecule has 3 nitrogen and oxygen atoms in total. The highest BCUT2D eigenvalue weighted by Crippen LogP contribution is 2.45. The molecule has 3 aliphatic rings. The first-order chi connectivity index (χ1) is 8.21. The van der Waals surface area contributed by atoms with Gasteiger partial charge in [-0.25, -0.2) is 6.23 Å². The number of nitrogens with one attached hydrogen (secondary N) is 1. The minimum atomic E-state index is 0.632. The van der Waals surface area contributed by atoms with Crippen LogP contribution in [0.3, 0.4) is 0 Å². The predicted octanol–water partition coefficient (Wildman–Crippen LogP) is 2.59. The van der Waals surface area contributed by atoms with Gasteiger partial charge in [0.25, 0.3) is 0 Å². The van der Waals surface area contributed by atoms with E-state index >= 15 is 0 Å². The maximum absolute atomic E-state index is 3.75. The Morgan fingerprint density at radius 2 is 1.82 bits per heavy atom. The number of nitrogens with zero attached hydrogens (tertiary/aromatic N) is 2. The van der Waals surface area contributed by atoms with Crippen LogP contribution in [-0.2, 0) is 0 Å². The van der Waals surface area contributed by atoms with Crippen molar-refractivity contribution in [3.8, 4) is 0 Å². The van der Waals surface area contributed by atoms with Gasteiger partial charge in [0.15, 0.2) is 0 Å². The van der Waals surface area contributed by atoms with Crippen molar-refractivity contribution in [1.29, 1.82) is 0 Å². The van der Waals surface area contributed by atoms with Crippen molar-refractivity contribution < 1.29 is 0 Å². The lowest BCUT2D eigenvalue weighted by Gasteiger charge is -2.58. The molecule has 3 heterocycles. The summed E-state index contributed by atoms with van der Waals surface area (Å²) in [5, 5.41) is 3.75. The summed E-state index contributed by atoms with van der Waals surface area (Å²) in [4.78, 5) is 0. The monoisotopic (exact) mass is 461 g/mol. The van der Waals surface area contributed by atoms with Gasteiger partial charge in [0, 0.05) is 89.4 Å². The predicted molar refractivity (Wildman–Crippen MR) is 87.4 cm³/mol. The zero-order chi connectivity index (χ0) is 11.9. The first-order valence-corrected chi connectivity index (χ1v) is 8.71. The SMILES string of the molecule is IN1CCC2(CC1)CNC2C1CCCCN1I. The van der Waals surface area contributed by atoms with Gasteiger partial charge in [-0.1, -0.05) is 6.42 Å². The summed E-state index contributed by atoms with van der Waals surface area (Å²) in [6, 6.07) is 1.56. The van der Waals surface area contributed by atoms with Crippen LogP contribution >= 0.6 is 45.7 Å². The lowest BCUT2D eigenvalue weighted by molar-refractivity contribution is -0.00907. The highest BCUT2D eigenvalue weighted by atomic mass is 127. The van der Waals surface area contributed by atoms with Crippen molar-refractivity contribution in [3.63, 3.8) is 0 Å². The quantitative estimate of drug-likeness (QED) is 0.479. The number of halogens is 2. The molecule has 0 saturated carbocycles. The summed E-state index contributed by atoms with van der Waals surface area (Å²) >= 11 is 5.04. The summed E-state index contributed by atoms with van der Waals surface area (Å²) in [7, 11) is 0. The van der Waals surface area contributed by atoms with E-state index in [1.165, 1.54) is 58.3 Å². The molecule has 3 saturated heterocycles. The average Bonchev–Trinajstić information content (AvgIpc) is 2.32. The molecule has 1 N–H and O–H groups in total. The van der Waals surface area contributed by atoms with Gasteiger partial charge >= 0.3 is 0 Å². The lowest BCUT2D eigenvalue weighted by atomic mass is 9.64. The highest BCUT2D eigenvalue weighted by molar-refractivity contribution is 14.1. The normalized spacial score (nSPS) is 39.2. The van der Waals surface area contributed by atoms with Crippen LogP contribution < -0.4 is 5.32 Å². The zero-order valence-electron chi connectivity index (χ0n) is 10.2. The van der Waals surface area contributed by atoms with E-state index in [1.54, 1.807) is 0 Å². The Bertz CT molecular complexity index is 279. The van der Waals surface area contributed by atoms with E-state index in [0.717, 1.165) is 12.1 Å². The molecule has 3 fully saturated rings. The summed E-state index contributed by atoms with van der Waals surface area (Å²) in [6.07, 6.45) is 7.01. The summed E-state index contributed by atoms with van der Waals surface area (Å²) in [5.74, 6) is 0. The summed E-state index contributed by atoms with van der Waals surface area (Å²) < 4.78 is 5.04. The van der Waals surface area contributed by atoms with Crippen LogP contribution in [0.15, 0.2) is 0 Å². The van der Waals surface area contributed by atoms with Crippen LogP contribution in [0.4, 0.5) is 0 Å². The minimum absolute atomic E-state index is 0.632. The maximum Gasteiger partial charge on any atom is 0.0353 e. The molecule has 0 amide bonds. The number of rotatable bonds is 1. The molecule has 0 bridgehead atoms. The second kappa shape index (κ2) is 5.38. The van der Waals surface area contributed by atoms with Crippen LogP contribution in [-0.4, -0.2) is 44.5 Å². The Morgan fingerprint density at radius 1 is 1.06 bits per heavy atom. The average molecular weight is 461 g/mol. The van der Waals surface area contributed by atoms with Gasteiger partial charge in [0.1, 0.15) is 0 Å². The molecule has 0 radical (unpaired) electrons. The van der Waals surface area contributed by atoms with E-state index in [2.05, 4.69) is 57.3 Å². The van der Waals surface area contributed by atoms with Gasteiger partial charge in [-0.2, -0.15) is 0 Å². The van der Waals surface area contributed by atoms with Crippen molar-refractivity contribution in [3.05, 3.63) is 0 Å². The third kappa shape index (κ3) is 2.51. The van der Waals surface area contributed by atoms with Gasteiger partial charge in [-0.15, -0.1) is 0 Å². The first kappa shape index (κ1) is 13.3. The lowest BCUT2D eigenvalue weighted by Crippen LogP contribution is -2.71. The summed E-state index contributed by atoms with van der Waals surface area (Å²) in [5.41, 5.74) is 0.632. The Labute approximate surface area is 132 Å². The fourth-order valence-electron chi connectivity index (χ4n) is 3.72. The van der Waals surface area contributed by atoms with Crippen molar-refractivity contribution in [2.45, 2.75) is 44.2 Å². The molecule has 2 atom stereocenters. The Morgan fingerprint density at radius 3 is 2.41 bits per heavy atom. The van der Waals surface area contributed by atoms with E-state index in [-0.39, 0.29) is 0 Å². The third-order valence-corrected chi connectivity index (χ3v) is 7.07. The van der Waals surface area contributed by atoms with Gasteiger partial charge in [0.05, 0.1) is 0 Å². The molecule has 0 aliphatic carbocycles. The van der Waals surface area contributed by atoms with E-state index in [1.807, 2.05) is 0 Å². The second-order valence-electron chi connectivity index (χ2n) is 5.82. The van der Waals surface area contributed by atoms with Crippen LogP contribution in [0.1, 0.15) is 32.1 Å². The molecule has 2 unspecified atom stereocenters. The molecule has 1 spiro atoms. The van der Waals surface area contributed by atoms with Crippen LogP contribution in [0, 0.1) is 5.41 Å². The zero-order valence-corrected chi connectivity index (χ0v) is 14.5. The molecule has 0 aromatic heterocycles.